The largest absolute Gasteiger partial charge is 0.341 e. The maximum Gasteiger partial charge on any atom is 0.244 e. The van der Waals surface area contributed by atoms with Crippen LogP contribution < -0.4 is 5.32 Å². The third-order valence-electron chi connectivity index (χ3n) is 5.09. The second kappa shape index (κ2) is 7.41. The van der Waals surface area contributed by atoms with E-state index >= 15 is 0 Å². The van der Waals surface area contributed by atoms with Gasteiger partial charge in [0.2, 0.25) is 5.91 Å². The van der Waals surface area contributed by atoms with Crippen LogP contribution in [0, 0.1) is 5.92 Å². The lowest BCUT2D eigenvalue weighted by molar-refractivity contribution is -0.140. The van der Waals surface area contributed by atoms with Gasteiger partial charge in [-0.25, -0.2) is 0 Å². The summed E-state index contributed by atoms with van der Waals surface area (Å²) in [6, 6.07) is 4.12. The van der Waals surface area contributed by atoms with Gasteiger partial charge in [0.1, 0.15) is 6.04 Å². The Morgan fingerprint density at radius 1 is 1.39 bits per heavy atom. The highest BCUT2D eigenvalue weighted by Crippen LogP contribution is 2.28. The number of piperidine rings is 1. The molecule has 0 spiro atoms. The van der Waals surface area contributed by atoms with E-state index in [2.05, 4.69) is 33.9 Å². The van der Waals surface area contributed by atoms with Crippen LogP contribution >= 0.6 is 0 Å². The van der Waals surface area contributed by atoms with Gasteiger partial charge in [-0.3, -0.25) is 14.7 Å². The molecule has 5 nitrogen and oxygen atoms in total. The zero-order valence-electron chi connectivity index (χ0n) is 14.2. The first-order valence-electron chi connectivity index (χ1n) is 8.82. The molecule has 2 aliphatic rings. The van der Waals surface area contributed by atoms with E-state index < -0.39 is 0 Å². The number of nitrogens with one attached hydrogen (secondary N) is 1. The summed E-state index contributed by atoms with van der Waals surface area (Å²) in [5.74, 6) is 0.848. The average molecular weight is 316 g/mol. The minimum Gasteiger partial charge on any atom is -0.341 e. The summed E-state index contributed by atoms with van der Waals surface area (Å²) < 4.78 is 0. The third-order valence-corrected chi connectivity index (χ3v) is 5.09. The molecule has 1 N–H and O–H groups in total. The molecule has 2 aliphatic heterocycles. The van der Waals surface area contributed by atoms with Gasteiger partial charge in [-0.2, -0.15) is 0 Å². The summed E-state index contributed by atoms with van der Waals surface area (Å²) in [6.45, 7) is 8.98. The summed E-state index contributed by atoms with van der Waals surface area (Å²) in [7, 11) is 0. The van der Waals surface area contributed by atoms with Crippen LogP contribution in [0.15, 0.2) is 24.5 Å². The molecule has 5 heteroatoms. The molecule has 0 bridgehead atoms. The molecule has 0 aromatic carbocycles. The van der Waals surface area contributed by atoms with Crippen LogP contribution in [0.4, 0.5) is 0 Å². The lowest BCUT2D eigenvalue weighted by Gasteiger charge is -2.42. The molecule has 1 amide bonds. The quantitative estimate of drug-likeness (QED) is 0.922. The summed E-state index contributed by atoms with van der Waals surface area (Å²) in [6.07, 6.45) is 5.97. The lowest BCUT2D eigenvalue weighted by Crippen LogP contribution is -2.55. The Hall–Kier alpha value is -1.46. The van der Waals surface area contributed by atoms with Crippen LogP contribution in [0.25, 0.3) is 0 Å². The molecule has 2 fully saturated rings. The monoisotopic (exact) mass is 316 g/mol. The van der Waals surface area contributed by atoms with Crippen molar-refractivity contribution < 1.29 is 4.79 Å². The SMILES string of the molecule is CC1CCCN(C(=O)C(c2cccnc2)N2CCNCC2C)C1. The number of carbonyl (C=O) groups excluding carboxylic acids is 1. The smallest absolute Gasteiger partial charge is 0.244 e. The molecular weight excluding hydrogens is 288 g/mol. The summed E-state index contributed by atoms with van der Waals surface area (Å²) >= 11 is 0. The van der Waals surface area contributed by atoms with Gasteiger partial charge in [0.15, 0.2) is 0 Å². The number of pyridine rings is 1. The van der Waals surface area contributed by atoms with Crippen molar-refractivity contribution in [2.45, 2.75) is 38.8 Å². The molecule has 0 saturated carbocycles. The molecule has 0 aliphatic carbocycles. The first-order chi connectivity index (χ1) is 11.2. The second-order valence-corrected chi connectivity index (χ2v) is 7.01. The number of piperazine rings is 1. The van der Waals surface area contributed by atoms with E-state index in [0.717, 1.165) is 44.7 Å². The first-order valence-corrected chi connectivity index (χ1v) is 8.82. The molecule has 1 aromatic heterocycles. The van der Waals surface area contributed by atoms with Crippen molar-refractivity contribution in [3.8, 4) is 0 Å². The van der Waals surface area contributed by atoms with E-state index in [0.29, 0.717) is 12.0 Å². The fourth-order valence-electron chi connectivity index (χ4n) is 3.82. The van der Waals surface area contributed by atoms with Crippen LogP contribution in [-0.2, 0) is 4.79 Å². The van der Waals surface area contributed by atoms with Crippen LogP contribution in [0.1, 0.15) is 38.3 Å². The fraction of sp³-hybridized carbons (Fsp3) is 0.667. The Morgan fingerprint density at radius 2 is 2.26 bits per heavy atom. The Morgan fingerprint density at radius 3 is 2.96 bits per heavy atom. The number of nitrogens with zero attached hydrogens (tertiary/aromatic N) is 3. The van der Waals surface area contributed by atoms with Gasteiger partial charge in [0.05, 0.1) is 0 Å². The number of carbonyl (C=O) groups is 1. The van der Waals surface area contributed by atoms with E-state index in [9.17, 15) is 4.79 Å². The molecule has 23 heavy (non-hydrogen) atoms. The first kappa shape index (κ1) is 16.4. The number of amides is 1. The molecule has 3 unspecified atom stereocenters. The maximum absolute atomic E-state index is 13.3. The molecule has 126 valence electrons. The van der Waals surface area contributed by atoms with Crippen LogP contribution in [0.5, 0.6) is 0 Å². The average Bonchev–Trinajstić information content (AvgIpc) is 2.58. The van der Waals surface area contributed by atoms with Crippen molar-refractivity contribution in [2.24, 2.45) is 5.92 Å². The minimum atomic E-state index is -0.203. The normalized spacial score (nSPS) is 27.7. The molecule has 3 atom stereocenters. The maximum atomic E-state index is 13.3. The Balaban J connectivity index is 1.86. The van der Waals surface area contributed by atoms with Gasteiger partial charge >= 0.3 is 0 Å². The zero-order valence-corrected chi connectivity index (χ0v) is 14.2. The second-order valence-electron chi connectivity index (χ2n) is 7.01. The minimum absolute atomic E-state index is 0.203. The highest BCUT2D eigenvalue weighted by atomic mass is 16.2. The number of hydrogen-bond donors (Lipinski definition) is 1. The number of aromatic nitrogens is 1. The lowest BCUT2D eigenvalue weighted by atomic mass is 9.97. The fourth-order valence-corrected chi connectivity index (χ4v) is 3.82. The molecule has 3 rings (SSSR count). The van der Waals surface area contributed by atoms with E-state index in [4.69, 9.17) is 0 Å². The predicted octanol–water partition coefficient (Wildman–Crippen LogP) is 1.67. The molecule has 3 heterocycles. The topological polar surface area (TPSA) is 48.5 Å². The van der Waals surface area contributed by atoms with E-state index in [1.165, 1.54) is 6.42 Å². The van der Waals surface area contributed by atoms with Gasteiger partial charge in [0, 0.05) is 51.2 Å². The summed E-state index contributed by atoms with van der Waals surface area (Å²) in [5, 5.41) is 3.41. The van der Waals surface area contributed by atoms with E-state index in [-0.39, 0.29) is 11.9 Å². The number of rotatable bonds is 3. The van der Waals surface area contributed by atoms with Crippen molar-refractivity contribution in [1.82, 2.24) is 20.1 Å². The predicted molar refractivity (Wildman–Crippen MR) is 91.0 cm³/mol. The summed E-state index contributed by atoms with van der Waals surface area (Å²) in [5.41, 5.74) is 1.02. The zero-order chi connectivity index (χ0) is 16.2. The van der Waals surface area contributed by atoms with Crippen molar-refractivity contribution in [2.75, 3.05) is 32.7 Å². The van der Waals surface area contributed by atoms with Crippen LogP contribution in [0.3, 0.4) is 0 Å². The number of hydrogen-bond acceptors (Lipinski definition) is 4. The highest BCUT2D eigenvalue weighted by molar-refractivity contribution is 5.83. The van der Waals surface area contributed by atoms with Crippen molar-refractivity contribution in [3.63, 3.8) is 0 Å². The molecule has 1 aromatic rings. The summed E-state index contributed by atoms with van der Waals surface area (Å²) in [4.78, 5) is 22.0. The molecule has 0 radical (unpaired) electrons. The van der Waals surface area contributed by atoms with E-state index in [1.807, 2.05) is 18.3 Å². The van der Waals surface area contributed by atoms with Crippen LogP contribution in [-0.4, -0.2) is 59.5 Å². The van der Waals surface area contributed by atoms with Gasteiger partial charge in [-0.1, -0.05) is 13.0 Å². The van der Waals surface area contributed by atoms with Gasteiger partial charge in [-0.05, 0) is 37.3 Å². The standard InChI is InChI=1S/C18H28N4O/c1-14-5-4-9-21(13-14)18(23)17(16-6-3-7-19-12-16)22-10-8-20-11-15(22)2/h3,6-7,12,14-15,17,20H,4-5,8-11,13H2,1-2H3. The Bertz CT molecular complexity index is 521. The Kier molecular flexibility index (Phi) is 5.28. The number of likely N-dealkylation sites (tertiary alicyclic amines) is 1. The van der Waals surface area contributed by atoms with Gasteiger partial charge in [0.25, 0.3) is 0 Å². The van der Waals surface area contributed by atoms with Crippen molar-refractivity contribution >= 4 is 5.91 Å². The highest BCUT2D eigenvalue weighted by Gasteiger charge is 2.36. The van der Waals surface area contributed by atoms with Gasteiger partial charge in [-0.15, -0.1) is 0 Å². The van der Waals surface area contributed by atoms with Crippen LogP contribution in [0.2, 0.25) is 0 Å². The van der Waals surface area contributed by atoms with Crippen molar-refractivity contribution in [3.05, 3.63) is 30.1 Å². The molecule has 2 saturated heterocycles. The van der Waals surface area contributed by atoms with Crippen molar-refractivity contribution in [1.29, 1.82) is 0 Å². The Labute approximate surface area is 139 Å². The van der Waals surface area contributed by atoms with E-state index in [1.54, 1.807) is 6.20 Å². The van der Waals surface area contributed by atoms with Gasteiger partial charge < -0.3 is 10.2 Å². The molecular formula is C18H28N4O. The third kappa shape index (κ3) is 3.72.